The third kappa shape index (κ3) is 4.10. The van der Waals surface area contributed by atoms with E-state index in [0.29, 0.717) is 6.61 Å². The normalized spacial score (nSPS) is 16.4. The van der Waals surface area contributed by atoms with Gasteiger partial charge >= 0.3 is 0 Å². The van der Waals surface area contributed by atoms with E-state index in [0.717, 1.165) is 48.4 Å². The first-order valence-corrected chi connectivity index (χ1v) is 11.1. The Balaban J connectivity index is 1.94. The third-order valence-electron chi connectivity index (χ3n) is 4.86. The number of nitrogens with zero attached hydrogens (tertiary/aromatic N) is 2. The molecule has 0 unspecified atom stereocenters. The molecule has 3 rings (SSSR count). The van der Waals surface area contributed by atoms with Gasteiger partial charge in [0.15, 0.2) is 5.16 Å². The maximum atomic E-state index is 5.99. The molecule has 0 bridgehead atoms. The van der Waals surface area contributed by atoms with Gasteiger partial charge in [0.2, 0.25) is 0 Å². The molecule has 0 saturated heterocycles. The summed E-state index contributed by atoms with van der Waals surface area (Å²) < 4.78 is 5.99. The number of rotatable bonds is 7. The van der Waals surface area contributed by atoms with Gasteiger partial charge in [-0.2, -0.15) is 0 Å². The van der Waals surface area contributed by atoms with Crippen LogP contribution in [0.15, 0.2) is 5.16 Å². The van der Waals surface area contributed by atoms with E-state index in [4.69, 9.17) is 14.7 Å². The van der Waals surface area contributed by atoms with Crippen LogP contribution in [0.2, 0.25) is 0 Å². The van der Waals surface area contributed by atoms with E-state index in [-0.39, 0.29) is 5.60 Å². The molecule has 0 radical (unpaired) electrons. The molecule has 2 N–H and O–H groups in total. The first kappa shape index (κ1) is 18.9. The molecule has 1 aliphatic rings. The molecular formula is C18H29N4OS2+. The van der Waals surface area contributed by atoms with Gasteiger partial charge in [-0.05, 0) is 39.5 Å². The van der Waals surface area contributed by atoms with Crippen molar-refractivity contribution in [3.05, 3.63) is 10.4 Å². The minimum Gasteiger partial charge on any atom is -0.370 e. The molecule has 0 spiro atoms. The second-order valence-electron chi connectivity index (χ2n) is 7.10. The van der Waals surface area contributed by atoms with Crippen LogP contribution in [0.4, 0.5) is 5.82 Å². The van der Waals surface area contributed by atoms with E-state index in [1.807, 2.05) is 6.26 Å². The van der Waals surface area contributed by atoms with Crippen molar-refractivity contribution < 1.29 is 9.64 Å². The first-order chi connectivity index (χ1) is 12.0. The predicted octanol–water partition coefficient (Wildman–Crippen LogP) is 2.60. The Morgan fingerprint density at radius 2 is 2.04 bits per heavy atom. The van der Waals surface area contributed by atoms with E-state index in [9.17, 15) is 0 Å². The molecule has 7 heteroatoms. The molecule has 5 nitrogen and oxygen atoms in total. The number of anilines is 1. The number of ether oxygens (including phenoxy) is 1. The van der Waals surface area contributed by atoms with Crippen LogP contribution in [0.1, 0.15) is 38.1 Å². The van der Waals surface area contributed by atoms with Crippen molar-refractivity contribution in [2.75, 3.05) is 37.8 Å². The Morgan fingerprint density at radius 1 is 1.28 bits per heavy atom. The van der Waals surface area contributed by atoms with Crippen LogP contribution in [-0.2, 0) is 17.8 Å². The molecule has 0 amide bonds. The lowest BCUT2D eigenvalue weighted by atomic mass is 9.94. The number of hydrogen-bond acceptors (Lipinski definition) is 6. The van der Waals surface area contributed by atoms with Crippen LogP contribution in [0.5, 0.6) is 0 Å². The van der Waals surface area contributed by atoms with E-state index >= 15 is 0 Å². The molecule has 1 aliphatic heterocycles. The van der Waals surface area contributed by atoms with Gasteiger partial charge in [-0.25, -0.2) is 9.97 Å². The van der Waals surface area contributed by atoms with E-state index in [2.05, 4.69) is 33.0 Å². The molecule has 0 atom stereocenters. The summed E-state index contributed by atoms with van der Waals surface area (Å²) in [5.74, 6) is 0.996. The lowest BCUT2D eigenvalue weighted by Gasteiger charge is -2.30. The molecule has 0 aromatic carbocycles. The average Bonchev–Trinajstić information content (AvgIpc) is 2.95. The molecule has 0 saturated carbocycles. The molecule has 25 heavy (non-hydrogen) atoms. The lowest BCUT2D eigenvalue weighted by molar-refractivity contribution is -0.894. The molecule has 2 aromatic rings. The Bertz CT molecular complexity index is 740. The Morgan fingerprint density at radius 3 is 2.72 bits per heavy atom. The fourth-order valence-corrected chi connectivity index (χ4v) is 4.83. The summed E-state index contributed by atoms with van der Waals surface area (Å²) in [6, 6.07) is 0. The zero-order valence-electron chi connectivity index (χ0n) is 15.9. The summed E-state index contributed by atoms with van der Waals surface area (Å²) >= 11 is 3.36. The van der Waals surface area contributed by atoms with Gasteiger partial charge in [0.25, 0.3) is 0 Å². The average molecular weight is 382 g/mol. The second-order valence-corrected chi connectivity index (χ2v) is 8.96. The zero-order chi connectivity index (χ0) is 18.0. The van der Waals surface area contributed by atoms with Crippen LogP contribution < -0.4 is 10.2 Å². The zero-order valence-corrected chi connectivity index (χ0v) is 17.5. The van der Waals surface area contributed by atoms with E-state index in [1.165, 1.54) is 15.8 Å². The van der Waals surface area contributed by atoms with Crippen molar-refractivity contribution in [3.8, 4) is 0 Å². The molecule has 3 heterocycles. The highest BCUT2D eigenvalue weighted by atomic mass is 32.2. The van der Waals surface area contributed by atoms with E-state index in [1.54, 1.807) is 28.0 Å². The van der Waals surface area contributed by atoms with E-state index < -0.39 is 0 Å². The largest absolute Gasteiger partial charge is 0.370 e. The summed E-state index contributed by atoms with van der Waals surface area (Å²) in [6.07, 6.45) is 2.95. The molecule has 0 fully saturated rings. The molecule has 0 aliphatic carbocycles. The fourth-order valence-electron chi connectivity index (χ4n) is 3.31. The summed E-state index contributed by atoms with van der Waals surface area (Å²) in [4.78, 5) is 13.5. The quantitative estimate of drug-likeness (QED) is 0.570. The highest BCUT2D eigenvalue weighted by Crippen LogP contribution is 2.41. The van der Waals surface area contributed by atoms with Gasteiger partial charge in [-0.3, -0.25) is 0 Å². The van der Waals surface area contributed by atoms with Gasteiger partial charge in [0.1, 0.15) is 10.6 Å². The van der Waals surface area contributed by atoms with Gasteiger partial charge in [0, 0.05) is 11.3 Å². The number of thioether (sulfide) groups is 1. The van der Waals surface area contributed by atoms with Crippen molar-refractivity contribution in [1.82, 2.24) is 9.97 Å². The van der Waals surface area contributed by atoms with Gasteiger partial charge in [-0.1, -0.05) is 11.8 Å². The van der Waals surface area contributed by atoms with Crippen molar-refractivity contribution >= 4 is 39.1 Å². The maximum Gasteiger partial charge on any atom is 0.190 e. The smallest absolute Gasteiger partial charge is 0.190 e. The molecule has 2 aromatic heterocycles. The van der Waals surface area contributed by atoms with Crippen LogP contribution >= 0.6 is 23.1 Å². The minimum atomic E-state index is -0.123. The Kier molecular flexibility index (Phi) is 5.88. The summed E-state index contributed by atoms with van der Waals surface area (Å²) in [5.41, 5.74) is 1.25. The number of fused-ring (bicyclic) bond motifs is 3. The Labute approximate surface area is 158 Å². The highest BCUT2D eigenvalue weighted by molar-refractivity contribution is 7.98. The van der Waals surface area contributed by atoms with Crippen molar-refractivity contribution in [2.24, 2.45) is 0 Å². The highest BCUT2D eigenvalue weighted by Gasteiger charge is 2.31. The molecular weight excluding hydrogens is 352 g/mol. The fraction of sp³-hybridized carbons (Fsp3) is 0.667. The molecule has 138 valence electrons. The first-order valence-electron chi connectivity index (χ1n) is 9.05. The van der Waals surface area contributed by atoms with Gasteiger partial charge < -0.3 is 15.0 Å². The predicted molar refractivity (Wildman–Crippen MR) is 107 cm³/mol. The summed E-state index contributed by atoms with van der Waals surface area (Å²) in [7, 11) is 0. The number of likely N-dealkylation sites (N-methyl/N-ethyl adjacent to an activating group) is 1. The SMILES string of the molecule is CC[NH+](CC)CCNc1nc(SC)nc2sc3c(c12)CC(C)(C)OC3. The maximum absolute atomic E-state index is 5.99. The number of thiophene rings is 1. The van der Waals surface area contributed by atoms with Crippen LogP contribution in [-0.4, -0.2) is 48.0 Å². The minimum absolute atomic E-state index is 0.123. The van der Waals surface area contributed by atoms with Crippen molar-refractivity contribution in [1.29, 1.82) is 0 Å². The van der Waals surface area contributed by atoms with Gasteiger partial charge in [-0.15, -0.1) is 11.3 Å². The summed E-state index contributed by atoms with van der Waals surface area (Å²) in [6.45, 7) is 13.8. The third-order valence-corrected chi connectivity index (χ3v) is 6.51. The second kappa shape index (κ2) is 7.78. The van der Waals surface area contributed by atoms with Crippen LogP contribution in [0, 0.1) is 0 Å². The topological polar surface area (TPSA) is 51.5 Å². The number of hydrogen-bond donors (Lipinski definition) is 2. The van der Waals surface area contributed by atoms with Crippen LogP contribution in [0.3, 0.4) is 0 Å². The van der Waals surface area contributed by atoms with Crippen molar-refractivity contribution in [3.63, 3.8) is 0 Å². The number of aromatic nitrogens is 2. The Hall–Kier alpha value is -0.890. The standard InChI is InChI=1S/C18H28N4OS2/c1-6-22(7-2)9-8-19-15-14-12-10-18(3,4)23-11-13(12)25-16(14)21-17(20-15)24-5/h6-11H2,1-5H3,(H,19,20,21)/p+1. The number of nitrogens with one attached hydrogen (secondary N) is 2. The monoisotopic (exact) mass is 381 g/mol. The number of quaternary nitrogens is 1. The summed E-state index contributed by atoms with van der Waals surface area (Å²) in [5, 5.41) is 5.65. The van der Waals surface area contributed by atoms with Gasteiger partial charge in [0.05, 0.1) is 43.8 Å². The lowest BCUT2D eigenvalue weighted by Crippen LogP contribution is -3.12. The van der Waals surface area contributed by atoms with Crippen LogP contribution in [0.25, 0.3) is 10.2 Å². The van der Waals surface area contributed by atoms with Crippen molar-refractivity contribution in [2.45, 2.75) is 51.5 Å².